The van der Waals surface area contributed by atoms with E-state index in [1.807, 2.05) is 25.3 Å². The van der Waals surface area contributed by atoms with Crippen LogP contribution in [0, 0.1) is 0 Å². The summed E-state index contributed by atoms with van der Waals surface area (Å²) in [6, 6.07) is 3.64. The summed E-state index contributed by atoms with van der Waals surface area (Å²) < 4.78 is 6.09. The van der Waals surface area contributed by atoms with Crippen molar-refractivity contribution < 1.29 is 14.3 Å². The van der Waals surface area contributed by atoms with E-state index in [9.17, 15) is 9.59 Å². The highest BCUT2D eigenvalue weighted by Gasteiger charge is 2.32. The van der Waals surface area contributed by atoms with Crippen molar-refractivity contribution in [3.8, 4) is 5.75 Å². The van der Waals surface area contributed by atoms with Crippen LogP contribution in [-0.4, -0.2) is 71.9 Å². The highest BCUT2D eigenvalue weighted by Crippen LogP contribution is 2.25. The first kappa shape index (κ1) is 21.1. The molecule has 31 heavy (non-hydrogen) atoms. The number of amides is 2. The van der Waals surface area contributed by atoms with Gasteiger partial charge in [0.1, 0.15) is 23.6 Å². The molecule has 4 rings (SSSR count). The Morgan fingerprint density at radius 1 is 1.35 bits per heavy atom. The van der Waals surface area contributed by atoms with Crippen LogP contribution >= 0.6 is 0 Å². The largest absolute Gasteiger partial charge is 0.487 e. The van der Waals surface area contributed by atoms with E-state index >= 15 is 0 Å². The molecule has 0 aromatic carbocycles. The van der Waals surface area contributed by atoms with Crippen LogP contribution in [0.1, 0.15) is 37.2 Å². The average Bonchev–Trinajstić information content (AvgIpc) is 3.11. The Kier molecular flexibility index (Phi) is 6.08. The van der Waals surface area contributed by atoms with Crippen molar-refractivity contribution in [2.45, 2.75) is 44.9 Å². The third kappa shape index (κ3) is 4.64. The molecule has 0 bridgehead atoms. The van der Waals surface area contributed by atoms with Crippen LogP contribution in [0.5, 0.6) is 5.75 Å². The smallest absolute Gasteiger partial charge is 0.272 e. The number of hydrogen-bond acceptors (Lipinski definition) is 6. The van der Waals surface area contributed by atoms with Gasteiger partial charge in [-0.2, -0.15) is 0 Å². The van der Waals surface area contributed by atoms with Gasteiger partial charge in [-0.05, 0) is 43.2 Å². The molecule has 2 amide bonds. The molecule has 1 N–H and O–H groups in total. The molecule has 1 unspecified atom stereocenters. The maximum Gasteiger partial charge on any atom is 0.272 e. The quantitative estimate of drug-likeness (QED) is 0.758. The molecule has 3 atom stereocenters. The fourth-order valence-corrected chi connectivity index (χ4v) is 4.09. The zero-order valence-electron chi connectivity index (χ0n) is 18.0. The molecule has 3 aliphatic heterocycles. The van der Waals surface area contributed by atoms with Crippen molar-refractivity contribution in [3.05, 3.63) is 47.3 Å². The van der Waals surface area contributed by atoms with E-state index in [4.69, 9.17) is 4.74 Å². The van der Waals surface area contributed by atoms with Gasteiger partial charge in [0.15, 0.2) is 0 Å². The predicted octanol–water partition coefficient (Wildman–Crippen LogP) is 1.98. The lowest BCUT2D eigenvalue weighted by Crippen LogP contribution is -2.33. The van der Waals surface area contributed by atoms with Gasteiger partial charge in [0, 0.05) is 44.4 Å². The van der Waals surface area contributed by atoms with E-state index in [-0.39, 0.29) is 24.0 Å². The van der Waals surface area contributed by atoms with Gasteiger partial charge in [0.05, 0.1) is 11.9 Å². The number of rotatable bonds is 6. The van der Waals surface area contributed by atoms with Crippen molar-refractivity contribution in [1.29, 1.82) is 0 Å². The molecular formula is C23H27N5O3. The lowest BCUT2D eigenvalue weighted by atomic mass is 9.98. The topological polar surface area (TPSA) is 96.2 Å². The standard InChI is InChI=1S/C23H27N5O3/c1-4-16-9-20-21(27-22(16)29)8-15(10-25-20)12-28-13-18(7-14(28)2)31-17-5-6-19(26-11-17)23(30)24-3/h5-6,8-11,14,18,20H,4,7,12-13H2,1-3H3,(H,24,30)/t14-,18-,20?/m1/s1. The van der Waals surface area contributed by atoms with Crippen LogP contribution in [-0.2, 0) is 4.79 Å². The molecule has 1 saturated heterocycles. The Bertz CT molecular complexity index is 993. The Hall–Kier alpha value is -3.13. The Balaban J connectivity index is 1.36. The number of fused-ring (bicyclic) bond motifs is 1. The van der Waals surface area contributed by atoms with Gasteiger partial charge in [-0.25, -0.2) is 9.98 Å². The predicted molar refractivity (Wildman–Crippen MR) is 119 cm³/mol. The molecule has 8 heteroatoms. The molecule has 162 valence electrons. The zero-order chi connectivity index (χ0) is 22.0. The van der Waals surface area contributed by atoms with Crippen molar-refractivity contribution in [2.75, 3.05) is 20.1 Å². The van der Waals surface area contributed by atoms with E-state index < -0.39 is 0 Å². The second-order valence-corrected chi connectivity index (χ2v) is 8.04. The first-order chi connectivity index (χ1) is 15.0. The van der Waals surface area contributed by atoms with Gasteiger partial charge >= 0.3 is 0 Å². The zero-order valence-corrected chi connectivity index (χ0v) is 18.0. The number of nitrogens with zero attached hydrogens (tertiary/aromatic N) is 4. The number of hydrogen-bond donors (Lipinski definition) is 1. The van der Waals surface area contributed by atoms with Crippen molar-refractivity contribution >= 4 is 23.7 Å². The van der Waals surface area contributed by atoms with Gasteiger partial charge in [-0.15, -0.1) is 0 Å². The molecule has 3 aliphatic rings. The number of likely N-dealkylation sites (tertiary alicyclic amines) is 1. The van der Waals surface area contributed by atoms with Crippen molar-refractivity contribution in [2.24, 2.45) is 9.98 Å². The second-order valence-electron chi connectivity index (χ2n) is 8.04. The molecule has 8 nitrogen and oxygen atoms in total. The minimum Gasteiger partial charge on any atom is -0.487 e. The van der Waals surface area contributed by atoms with Crippen molar-refractivity contribution in [1.82, 2.24) is 15.2 Å². The van der Waals surface area contributed by atoms with Crippen LogP contribution in [0.15, 0.2) is 51.6 Å². The van der Waals surface area contributed by atoms with E-state index in [0.29, 0.717) is 23.9 Å². The molecule has 4 heterocycles. The van der Waals surface area contributed by atoms with E-state index in [2.05, 4.69) is 32.1 Å². The summed E-state index contributed by atoms with van der Waals surface area (Å²) in [4.78, 5) is 39.0. The Morgan fingerprint density at radius 2 is 2.19 bits per heavy atom. The van der Waals surface area contributed by atoms with Crippen LogP contribution in [0.25, 0.3) is 0 Å². The normalized spacial score (nSPS) is 25.5. The maximum absolute atomic E-state index is 12.1. The molecule has 1 aromatic rings. The van der Waals surface area contributed by atoms with Crippen molar-refractivity contribution in [3.63, 3.8) is 0 Å². The summed E-state index contributed by atoms with van der Waals surface area (Å²) in [6.07, 6.45) is 9.00. The SMILES string of the molecule is CCC1=CC2N=CC(CN3C[C@H](Oc4ccc(C(=O)NC)nc4)C[C@H]3C)=CC2=NC1=O. The second kappa shape index (κ2) is 8.93. The number of aliphatic imine (C=N–C) groups is 2. The lowest BCUT2D eigenvalue weighted by Gasteiger charge is -2.24. The number of aromatic nitrogens is 1. The summed E-state index contributed by atoms with van der Waals surface area (Å²) in [5, 5.41) is 2.55. The summed E-state index contributed by atoms with van der Waals surface area (Å²) in [6.45, 7) is 5.64. The first-order valence-electron chi connectivity index (χ1n) is 10.6. The summed E-state index contributed by atoms with van der Waals surface area (Å²) in [7, 11) is 1.58. The number of carbonyl (C=O) groups excluding carboxylic acids is 2. The Morgan fingerprint density at radius 3 is 2.90 bits per heavy atom. The van der Waals surface area contributed by atoms with Gasteiger partial charge in [-0.1, -0.05) is 6.92 Å². The number of nitrogens with one attached hydrogen (secondary N) is 1. The van der Waals surface area contributed by atoms with Crippen LogP contribution in [0.3, 0.4) is 0 Å². The van der Waals surface area contributed by atoms with E-state index in [1.54, 1.807) is 25.4 Å². The summed E-state index contributed by atoms with van der Waals surface area (Å²) in [5.41, 5.74) is 2.86. The molecule has 0 radical (unpaired) electrons. The van der Waals surface area contributed by atoms with E-state index in [0.717, 1.165) is 36.4 Å². The van der Waals surface area contributed by atoms with E-state index in [1.165, 1.54) is 0 Å². The minimum atomic E-state index is -0.220. The number of carbonyl (C=O) groups is 2. The van der Waals surface area contributed by atoms with Gasteiger partial charge in [0.25, 0.3) is 11.8 Å². The van der Waals surface area contributed by atoms with Crippen LogP contribution < -0.4 is 10.1 Å². The molecular weight excluding hydrogens is 394 g/mol. The third-order valence-corrected chi connectivity index (χ3v) is 5.83. The highest BCUT2D eigenvalue weighted by atomic mass is 16.5. The van der Waals surface area contributed by atoms with Gasteiger partial charge in [0.2, 0.25) is 0 Å². The third-order valence-electron chi connectivity index (χ3n) is 5.83. The minimum absolute atomic E-state index is 0.0418. The monoisotopic (exact) mass is 421 g/mol. The Labute approximate surface area is 181 Å². The number of pyridine rings is 1. The fraction of sp³-hybridized carbons (Fsp3) is 0.435. The summed E-state index contributed by atoms with van der Waals surface area (Å²) in [5.74, 6) is 0.282. The average molecular weight is 422 g/mol. The first-order valence-corrected chi connectivity index (χ1v) is 10.6. The van der Waals surface area contributed by atoms with Crippen LogP contribution in [0.2, 0.25) is 0 Å². The molecule has 0 spiro atoms. The van der Waals surface area contributed by atoms with Gasteiger partial charge < -0.3 is 10.1 Å². The maximum atomic E-state index is 12.1. The molecule has 1 aromatic heterocycles. The summed E-state index contributed by atoms with van der Waals surface area (Å²) >= 11 is 0. The highest BCUT2D eigenvalue weighted by molar-refractivity contribution is 6.16. The fourth-order valence-electron chi connectivity index (χ4n) is 4.09. The van der Waals surface area contributed by atoms with Crippen LogP contribution in [0.4, 0.5) is 0 Å². The number of ether oxygens (including phenoxy) is 1. The molecule has 0 aliphatic carbocycles. The van der Waals surface area contributed by atoms with Gasteiger partial charge in [-0.3, -0.25) is 19.5 Å². The number of dihydropyridines is 2. The lowest BCUT2D eigenvalue weighted by molar-refractivity contribution is -0.114. The molecule has 0 saturated carbocycles. The molecule has 1 fully saturated rings.